The van der Waals surface area contributed by atoms with Crippen molar-refractivity contribution in [2.45, 2.75) is 11.8 Å². The zero-order valence-electron chi connectivity index (χ0n) is 9.17. The summed E-state index contributed by atoms with van der Waals surface area (Å²) in [6.07, 6.45) is 3.93. The molecule has 0 atom stereocenters. The molecule has 0 nitrogen and oxygen atoms in total. The Morgan fingerprint density at radius 3 is 2.88 bits per heavy atom. The van der Waals surface area contributed by atoms with Gasteiger partial charge in [-0.05, 0) is 13.0 Å². The molecule has 0 saturated carbocycles. The van der Waals surface area contributed by atoms with Crippen molar-refractivity contribution >= 4 is 56.3 Å². The Kier molecular flexibility index (Phi) is 3.92. The van der Waals surface area contributed by atoms with Crippen LogP contribution < -0.4 is 0 Å². The maximum absolute atomic E-state index is 12.8. The molecule has 0 saturated heterocycles. The number of allylic oxidation sites excluding steroid dienone is 1. The number of hydrogen-bond donors (Lipinski definition) is 0. The highest BCUT2D eigenvalue weighted by Crippen LogP contribution is 2.42. The summed E-state index contributed by atoms with van der Waals surface area (Å²) in [6, 6.07) is 5.60. The smallest absolute Gasteiger partial charge is 0.0827 e. The van der Waals surface area contributed by atoms with Crippen LogP contribution in [0.25, 0.3) is 21.2 Å². The average Bonchev–Trinajstić information content (AvgIpc) is 2.69. The first-order valence-electron chi connectivity index (χ1n) is 5.00. The van der Waals surface area contributed by atoms with Gasteiger partial charge in [0.25, 0.3) is 0 Å². The van der Waals surface area contributed by atoms with E-state index in [2.05, 4.69) is 6.58 Å². The van der Waals surface area contributed by atoms with Gasteiger partial charge in [0.1, 0.15) is 0 Å². The van der Waals surface area contributed by atoms with E-state index in [1.807, 2.05) is 31.2 Å². The molecule has 2 aromatic rings. The van der Waals surface area contributed by atoms with Crippen LogP contribution in [0.15, 0.2) is 35.7 Å². The first kappa shape index (κ1) is 12.7. The highest BCUT2D eigenvalue weighted by molar-refractivity contribution is 7.94. The summed E-state index contributed by atoms with van der Waals surface area (Å²) >= 11 is 7.74. The third-order valence-corrected chi connectivity index (χ3v) is 4.63. The molecular weight excluding hydrogens is 275 g/mol. The van der Waals surface area contributed by atoms with Crippen LogP contribution in [0.1, 0.15) is 17.4 Å². The van der Waals surface area contributed by atoms with Gasteiger partial charge in [0, 0.05) is 10.9 Å². The summed E-state index contributed by atoms with van der Waals surface area (Å²) in [5, 5.41) is 1.52. The van der Waals surface area contributed by atoms with Gasteiger partial charge in [-0.3, -0.25) is 0 Å². The van der Waals surface area contributed by atoms with E-state index in [9.17, 15) is 3.89 Å². The van der Waals surface area contributed by atoms with Crippen molar-refractivity contribution in [3.8, 4) is 0 Å². The predicted octanol–water partition coefficient (Wildman–Crippen LogP) is 6.12. The molecule has 0 aliphatic heterocycles. The first-order chi connectivity index (χ1) is 8.19. The Bertz CT molecular complexity index is 599. The molecule has 2 rings (SSSR count). The predicted molar refractivity (Wildman–Crippen MR) is 78.4 cm³/mol. The minimum Gasteiger partial charge on any atom is -0.160 e. The minimum absolute atomic E-state index is 0.264. The Morgan fingerprint density at radius 2 is 2.29 bits per heavy atom. The Morgan fingerprint density at radius 1 is 1.53 bits per heavy atom. The van der Waals surface area contributed by atoms with Gasteiger partial charge in [0.15, 0.2) is 0 Å². The zero-order valence-corrected chi connectivity index (χ0v) is 11.6. The van der Waals surface area contributed by atoms with Crippen molar-refractivity contribution in [3.05, 3.63) is 41.3 Å². The van der Waals surface area contributed by atoms with Crippen molar-refractivity contribution in [2.75, 3.05) is 0 Å². The second-order valence-corrected chi connectivity index (χ2v) is 5.53. The molecule has 0 radical (unpaired) electrons. The van der Waals surface area contributed by atoms with Crippen LogP contribution >= 0.6 is 35.1 Å². The van der Waals surface area contributed by atoms with Gasteiger partial charge in [-0.1, -0.05) is 42.5 Å². The Labute approximate surface area is 113 Å². The lowest BCUT2D eigenvalue weighted by atomic mass is 10.1. The lowest BCUT2D eigenvalue weighted by Crippen LogP contribution is -1.75. The molecule has 0 aliphatic rings. The molecule has 0 fully saturated rings. The SMILES string of the molecule is C=C(Cl)c1sc2c(SF)cccc2c1/C=C\C. The van der Waals surface area contributed by atoms with Crippen LogP contribution in [0.5, 0.6) is 0 Å². The van der Waals surface area contributed by atoms with E-state index in [1.165, 1.54) is 11.3 Å². The van der Waals surface area contributed by atoms with Crippen molar-refractivity contribution in [3.63, 3.8) is 0 Å². The second-order valence-electron chi connectivity index (χ2n) is 3.46. The maximum Gasteiger partial charge on any atom is 0.0827 e. The van der Waals surface area contributed by atoms with Gasteiger partial charge in [-0.25, -0.2) is 0 Å². The summed E-state index contributed by atoms with van der Waals surface area (Å²) in [6.45, 7) is 5.70. The van der Waals surface area contributed by atoms with Crippen LogP contribution in [-0.4, -0.2) is 0 Å². The topological polar surface area (TPSA) is 0 Å². The summed E-state index contributed by atoms with van der Waals surface area (Å²) in [7, 11) is 0. The highest BCUT2D eigenvalue weighted by Gasteiger charge is 2.14. The molecule has 0 bridgehead atoms. The van der Waals surface area contributed by atoms with Crippen LogP contribution in [-0.2, 0) is 0 Å². The number of benzene rings is 1. The van der Waals surface area contributed by atoms with E-state index in [0.717, 1.165) is 20.5 Å². The van der Waals surface area contributed by atoms with E-state index in [1.54, 1.807) is 6.07 Å². The zero-order chi connectivity index (χ0) is 12.4. The Hall–Kier alpha value is -0.770. The quantitative estimate of drug-likeness (QED) is 0.654. The van der Waals surface area contributed by atoms with Gasteiger partial charge in [-0.15, -0.1) is 11.3 Å². The van der Waals surface area contributed by atoms with E-state index in [-0.39, 0.29) is 12.1 Å². The molecule has 0 spiro atoms. The van der Waals surface area contributed by atoms with E-state index < -0.39 is 0 Å². The lowest BCUT2D eigenvalue weighted by Gasteiger charge is -1.97. The summed E-state index contributed by atoms with van der Waals surface area (Å²) < 4.78 is 13.8. The summed E-state index contributed by atoms with van der Waals surface area (Å²) in [5.74, 6) is 0. The van der Waals surface area contributed by atoms with Gasteiger partial charge in [0.05, 0.1) is 31.7 Å². The molecule has 17 heavy (non-hydrogen) atoms. The molecule has 1 heterocycles. The van der Waals surface area contributed by atoms with Crippen molar-refractivity contribution in [2.24, 2.45) is 0 Å². The normalized spacial score (nSPS) is 11.5. The molecule has 0 amide bonds. The molecule has 88 valence electrons. The molecular formula is C13H10ClFS2. The molecule has 1 aromatic carbocycles. The second kappa shape index (κ2) is 5.25. The minimum atomic E-state index is 0.264. The third kappa shape index (κ3) is 2.28. The lowest BCUT2D eigenvalue weighted by molar-refractivity contribution is 0.936. The largest absolute Gasteiger partial charge is 0.160 e. The Balaban J connectivity index is 2.83. The third-order valence-electron chi connectivity index (χ3n) is 2.38. The molecule has 1 aromatic heterocycles. The van der Waals surface area contributed by atoms with Crippen molar-refractivity contribution in [1.82, 2.24) is 0 Å². The fourth-order valence-electron chi connectivity index (χ4n) is 1.71. The average molecular weight is 285 g/mol. The number of halogens is 2. The van der Waals surface area contributed by atoms with Crippen LogP contribution in [0.2, 0.25) is 0 Å². The van der Waals surface area contributed by atoms with Crippen molar-refractivity contribution in [1.29, 1.82) is 0 Å². The van der Waals surface area contributed by atoms with Crippen LogP contribution in [0.3, 0.4) is 0 Å². The van der Waals surface area contributed by atoms with Gasteiger partial charge in [-0.2, -0.15) is 3.89 Å². The monoisotopic (exact) mass is 284 g/mol. The first-order valence-corrected chi connectivity index (χ1v) is 6.91. The van der Waals surface area contributed by atoms with Crippen LogP contribution in [0, 0.1) is 0 Å². The molecule has 4 heteroatoms. The highest BCUT2D eigenvalue weighted by atomic mass is 35.5. The fourth-order valence-corrected chi connectivity index (χ4v) is 3.51. The molecule has 0 N–H and O–H groups in total. The summed E-state index contributed by atoms with van der Waals surface area (Å²) in [5.41, 5.74) is 1.02. The van der Waals surface area contributed by atoms with E-state index in [4.69, 9.17) is 11.6 Å². The molecule has 0 unspecified atom stereocenters. The maximum atomic E-state index is 12.8. The number of rotatable bonds is 3. The van der Waals surface area contributed by atoms with Crippen LogP contribution in [0.4, 0.5) is 3.89 Å². The number of hydrogen-bond acceptors (Lipinski definition) is 2. The van der Waals surface area contributed by atoms with E-state index in [0.29, 0.717) is 9.93 Å². The molecule has 0 aliphatic carbocycles. The standard InChI is InChI=1S/C13H10ClFS2/c1-3-5-9-10-6-4-7-11(17-15)13(10)16-12(9)8(2)14/h3-7H,2H2,1H3/b5-3-. The van der Waals surface area contributed by atoms with Gasteiger partial charge < -0.3 is 0 Å². The van der Waals surface area contributed by atoms with Gasteiger partial charge >= 0.3 is 0 Å². The number of fused-ring (bicyclic) bond motifs is 1. The fraction of sp³-hybridized carbons (Fsp3) is 0.0769. The van der Waals surface area contributed by atoms with Crippen molar-refractivity contribution < 1.29 is 3.89 Å². The van der Waals surface area contributed by atoms with Gasteiger partial charge in [0.2, 0.25) is 0 Å². The number of thiophene rings is 1. The van der Waals surface area contributed by atoms with E-state index >= 15 is 0 Å². The summed E-state index contributed by atoms with van der Waals surface area (Å²) in [4.78, 5) is 1.53.